The lowest BCUT2D eigenvalue weighted by molar-refractivity contribution is 0.0958. The van der Waals surface area contributed by atoms with Gasteiger partial charge in [-0.05, 0) is 24.1 Å². The van der Waals surface area contributed by atoms with E-state index in [2.05, 4.69) is 11.8 Å². The fourth-order valence-corrected chi connectivity index (χ4v) is 3.78. The van der Waals surface area contributed by atoms with Crippen molar-refractivity contribution < 1.29 is 14.0 Å². The van der Waals surface area contributed by atoms with Crippen LogP contribution < -0.4 is 0 Å². The van der Waals surface area contributed by atoms with Gasteiger partial charge in [0.1, 0.15) is 6.26 Å². The van der Waals surface area contributed by atoms with Gasteiger partial charge in [-0.15, -0.1) is 12.8 Å². The molecule has 0 N–H and O–H groups in total. The molecule has 4 rings (SSSR count). The molecule has 0 fully saturated rings. The summed E-state index contributed by atoms with van der Waals surface area (Å²) in [5.41, 5.74) is 3.20. The Kier molecular flexibility index (Phi) is 2.51. The molecule has 0 bridgehead atoms. The lowest BCUT2D eigenvalue weighted by Gasteiger charge is -2.38. The molecule has 0 saturated heterocycles. The Bertz CT molecular complexity index is 991. The van der Waals surface area contributed by atoms with Crippen molar-refractivity contribution in [2.75, 3.05) is 0 Å². The number of Topliss-reactive ketones (excluding diaryl/α,β-unsaturated/α-hetero) is 1. The molecule has 110 valence electrons. The fraction of sp³-hybridized carbons (Fsp3) is 0.200. The second-order valence-electron chi connectivity index (χ2n) is 6.17. The molecule has 0 unspecified atom stereocenters. The standard InChI is InChI=1S/C20H12O3/c1-4-11-8-13-15(9-12(11)5-2)20(3)7-6-16(21)14-10-23-19(17(14)20)18(13)22/h1-2,8-10H,6-7H2,3H3/t20-/m1/s1. The molecular weight excluding hydrogens is 288 g/mol. The van der Waals surface area contributed by atoms with E-state index in [-0.39, 0.29) is 17.3 Å². The predicted molar refractivity (Wildman–Crippen MR) is 84.5 cm³/mol. The van der Waals surface area contributed by atoms with Crippen LogP contribution in [0.1, 0.15) is 68.5 Å². The first-order valence-electron chi connectivity index (χ1n) is 7.33. The molecule has 1 atom stereocenters. The summed E-state index contributed by atoms with van der Waals surface area (Å²) in [7, 11) is 0. The van der Waals surface area contributed by atoms with Gasteiger partial charge in [-0.3, -0.25) is 9.59 Å². The highest BCUT2D eigenvalue weighted by Crippen LogP contribution is 2.50. The summed E-state index contributed by atoms with van der Waals surface area (Å²) in [5.74, 6) is 5.14. The van der Waals surface area contributed by atoms with E-state index in [9.17, 15) is 9.59 Å². The van der Waals surface area contributed by atoms with Crippen molar-refractivity contribution in [2.45, 2.75) is 25.2 Å². The summed E-state index contributed by atoms with van der Waals surface area (Å²) >= 11 is 0. The number of hydrogen-bond donors (Lipinski definition) is 0. The molecule has 3 nitrogen and oxygen atoms in total. The molecule has 0 spiro atoms. The van der Waals surface area contributed by atoms with E-state index < -0.39 is 5.41 Å². The number of hydrogen-bond acceptors (Lipinski definition) is 3. The number of carbonyl (C=O) groups excluding carboxylic acids is 2. The molecule has 2 aliphatic carbocycles. The maximum Gasteiger partial charge on any atom is 0.228 e. The van der Waals surface area contributed by atoms with Crippen molar-refractivity contribution in [3.63, 3.8) is 0 Å². The number of benzene rings is 1. The first-order valence-corrected chi connectivity index (χ1v) is 7.33. The Hall–Kier alpha value is -3.04. The third-order valence-electron chi connectivity index (χ3n) is 5.01. The van der Waals surface area contributed by atoms with Crippen LogP contribution in [0.3, 0.4) is 0 Å². The zero-order valence-electron chi connectivity index (χ0n) is 12.5. The number of terminal acetylenes is 2. The van der Waals surface area contributed by atoms with Gasteiger partial charge in [0.05, 0.1) is 5.56 Å². The molecule has 2 aromatic rings. The van der Waals surface area contributed by atoms with Crippen molar-refractivity contribution in [3.8, 4) is 24.7 Å². The predicted octanol–water partition coefficient (Wildman–Crippen LogP) is 3.07. The molecule has 0 aliphatic heterocycles. The molecule has 1 heterocycles. The quantitative estimate of drug-likeness (QED) is 0.702. The highest BCUT2D eigenvalue weighted by Gasteiger charge is 2.48. The molecule has 1 aromatic carbocycles. The summed E-state index contributed by atoms with van der Waals surface area (Å²) in [6, 6.07) is 3.48. The molecule has 2 aliphatic rings. The van der Waals surface area contributed by atoms with Crippen molar-refractivity contribution in [2.24, 2.45) is 0 Å². The summed E-state index contributed by atoms with van der Waals surface area (Å²) < 4.78 is 5.46. The van der Waals surface area contributed by atoms with Gasteiger partial charge in [-0.2, -0.15) is 0 Å². The summed E-state index contributed by atoms with van der Waals surface area (Å²) in [6.45, 7) is 2.03. The van der Waals surface area contributed by atoms with E-state index in [0.717, 1.165) is 5.56 Å². The minimum absolute atomic E-state index is 0.0149. The van der Waals surface area contributed by atoms with E-state index in [4.69, 9.17) is 17.3 Å². The maximum absolute atomic E-state index is 12.8. The monoisotopic (exact) mass is 300 g/mol. The Morgan fingerprint density at radius 3 is 2.52 bits per heavy atom. The smallest absolute Gasteiger partial charge is 0.228 e. The average Bonchev–Trinajstić information content (AvgIpc) is 3.02. The van der Waals surface area contributed by atoms with Crippen LogP contribution in [0.15, 0.2) is 22.8 Å². The lowest BCUT2D eigenvalue weighted by atomic mass is 9.62. The van der Waals surface area contributed by atoms with Gasteiger partial charge in [-0.25, -0.2) is 0 Å². The Balaban J connectivity index is 2.11. The highest BCUT2D eigenvalue weighted by molar-refractivity contribution is 6.14. The van der Waals surface area contributed by atoms with E-state index in [1.165, 1.54) is 6.26 Å². The highest BCUT2D eigenvalue weighted by atomic mass is 16.3. The molecule has 3 heteroatoms. The normalized spacial score (nSPS) is 21.2. The largest absolute Gasteiger partial charge is 0.460 e. The second-order valence-corrected chi connectivity index (χ2v) is 6.17. The summed E-state index contributed by atoms with van der Waals surface area (Å²) in [5, 5.41) is 0. The molecule has 0 radical (unpaired) electrons. The maximum atomic E-state index is 12.8. The lowest BCUT2D eigenvalue weighted by Crippen LogP contribution is -2.37. The van der Waals surface area contributed by atoms with Gasteiger partial charge < -0.3 is 4.42 Å². The first-order chi connectivity index (χ1) is 11.0. The molecule has 23 heavy (non-hydrogen) atoms. The van der Waals surface area contributed by atoms with Gasteiger partial charge >= 0.3 is 0 Å². The van der Waals surface area contributed by atoms with Gasteiger partial charge in [0.25, 0.3) is 0 Å². The van der Waals surface area contributed by atoms with Crippen LogP contribution in [0.5, 0.6) is 0 Å². The van der Waals surface area contributed by atoms with Crippen LogP contribution in [0.25, 0.3) is 0 Å². The minimum atomic E-state index is -0.465. The van der Waals surface area contributed by atoms with Crippen LogP contribution in [-0.2, 0) is 5.41 Å². The number of ketones is 2. The average molecular weight is 300 g/mol. The molecule has 0 saturated carbocycles. The van der Waals surface area contributed by atoms with Crippen LogP contribution in [0.4, 0.5) is 0 Å². The van der Waals surface area contributed by atoms with Crippen molar-refractivity contribution in [1.82, 2.24) is 0 Å². The number of carbonyl (C=O) groups is 2. The fourth-order valence-electron chi connectivity index (χ4n) is 3.78. The third kappa shape index (κ3) is 1.52. The van der Waals surface area contributed by atoms with E-state index in [0.29, 0.717) is 40.7 Å². The zero-order valence-corrected chi connectivity index (χ0v) is 12.5. The minimum Gasteiger partial charge on any atom is -0.460 e. The third-order valence-corrected chi connectivity index (χ3v) is 5.01. The topological polar surface area (TPSA) is 47.3 Å². The van der Waals surface area contributed by atoms with Gasteiger partial charge in [0.15, 0.2) is 11.5 Å². The van der Waals surface area contributed by atoms with Gasteiger partial charge in [0.2, 0.25) is 5.78 Å². The van der Waals surface area contributed by atoms with Crippen molar-refractivity contribution in [1.29, 1.82) is 0 Å². The summed E-state index contributed by atoms with van der Waals surface area (Å²) in [4.78, 5) is 24.9. The van der Waals surface area contributed by atoms with Crippen LogP contribution >= 0.6 is 0 Å². The van der Waals surface area contributed by atoms with Crippen molar-refractivity contribution in [3.05, 3.63) is 57.5 Å². The van der Waals surface area contributed by atoms with Crippen LogP contribution in [0.2, 0.25) is 0 Å². The molecule has 1 aromatic heterocycles. The second kappa shape index (κ2) is 4.24. The Morgan fingerprint density at radius 2 is 1.83 bits per heavy atom. The first kappa shape index (κ1) is 13.6. The van der Waals surface area contributed by atoms with Gasteiger partial charge in [-0.1, -0.05) is 18.8 Å². The summed E-state index contributed by atoms with van der Waals surface area (Å²) in [6.07, 6.45) is 13.5. The number of fused-ring (bicyclic) bond motifs is 2. The van der Waals surface area contributed by atoms with Crippen LogP contribution in [0, 0.1) is 24.7 Å². The van der Waals surface area contributed by atoms with Gasteiger partial charge in [0, 0.05) is 34.1 Å². The molecular formula is C20H12O3. The van der Waals surface area contributed by atoms with E-state index >= 15 is 0 Å². The SMILES string of the molecule is C#Cc1cc2c(cc1C#C)[C@@]1(C)CCC(=O)c3coc(c31)C2=O. The Labute approximate surface area is 133 Å². The molecule has 0 amide bonds. The van der Waals surface area contributed by atoms with Crippen molar-refractivity contribution >= 4 is 11.6 Å². The van der Waals surface area contributed by atoms with E-state index in [1.807, 2.05) is 13.0 Å². The zero-order chi connectivity index (χ0) is 16.4. The number of furan rings is 1. The number of rotatable bonds is 0. The van der Waals surface area contributed by atoms with E-state index in [1.54, 1.807) is 6.07 Å². The Morgan fingerprint density at radius 1 is 1.13 bits per heavy atom. The van der Waals surface area contributed by atoms with Crippen LogP contribution in [-0.4, -0.2) is 11.6 Å².